The maximum Gasteiger partial charge on any atom is 0.324 e. The number of likely N-dealkylation sites (N-methyl/N-ethyl adjacent to an activating group) is 2. The van der Waals surface area contributed by atoms with Crippen molar-refractivity contribution in [1.82, 2.24) is 10.2 Å². The Kier molecular flexibility index (Phi) is 7.29. The summed E-state index contributed by atoms with van der Waals surface area (Å²) in [5, 5.41) is 12.2. The molecular weight excluding hydrogens is 208 g/mol. The molecule has 0 aliphatic carbocycles. The Morgan fingerprint density at radius 3 is 2.56 bits per heavy atom. The smallest absolute Gasteiger partial charge is 0.324 e. The lowest BCUT2D eigenvalue weighted by molar-refractivity contribution is -0.144. The van der Waals surface area contributed by atoms with Gasteiger partial charge in [0.25, 0.3) is 0 Å². The highest BCUT2D eigenvalue weighted by Crippen LogP contribution is 2.06. The first-order chi connectivity index (χ1) is 7.46. The first-order valence-corrected chi connectivity index (χ1v) is 5.71. The van der Waals surface area contributed by atoms with E-state index < -0.39 is 11.5 Å². The van der Waals surface area contributed by atoms with Crippen molar-refractivity contribution >= 4 is 5.97 Å². The van der Waals surface area contributed by atoms with Crippen molar-refractivity contribution in [3.63, 3.8) is 0 Å². The molecule has 16 heavy (non-hydrogen) atoms. The standard InChI is InChI=1S/C11H24N2O3/c1-5-12-11(3,10(14)15)9-13(4)7-8-16-6-2/h12H,5-9H2,1-4H3,(H,14,15). The van der Waals surface area contributed by atoms with Gasteiger partial charge in [0.15, 0.2) is 0 Å². The van der Waals surface area contributed by atoms with Crippen LogP contribution < -0.4 is 5.32 Å². The maximum absolute atomic E-state index is 11.2. The zero-order valence-electron chi connectivity index (χ0n) is 10.7. The van der Waals surface area contributed by atoms with Crippen molar-refractivity contribution in [3.8, 4) is 0 Å². The first kappa shape index (κ1) is 15.3. The summed E-state index contributed by atoms with van der Waals surface area (Å²) >= 11 is 0. The van der Waals surface area contributed by atoms with Gasteiger partial charge in [0.05, 0.1) is 6.61 Å². The van der Waals surface area contributed by atoms with E-state index in [1.54, 1.807) is 6.92 Å². The van der Waals surface area contributed by atoms with Gasteiger partial charge < -0.3 is 20.1 Å². The van der Waals surface area contributed by atoms with E-state index in [1.165, 1.54) is 0 Å². The number of aliphatic carboxylic acids is 1. The van der Waals surface area contributed by atoms with E-state index in [2.05, 4.69) is 5.32 Å². The molecule has 0 aliphatic heterocycles. The summed E-state index contributed by atoms with van der Waals surface area (Å²) in [5.74, 6) is -0.822. The second-order valence-corrected chi connectivity index (χ2v) is 4.10. The molecule has 0 amide bonds. The molecule has 0 saturated heterocycles. The molecule has 0 aromatic heterocycles. The van der Waals surface area contributed by atoms with Crippen molar-refractivity contribution in [2.75, 3.05) is 39.9 Å². The number of nitrogens with one attached hydrogen (secondary N) is 1. The van der Waals surface area contributed by atoms with Crippen molar-refractivity contribution < 1.29 is 14.6 Å². The van der Waals surface area contributed by atoms with E-state index in [1.807, 2.05) is 25.8 Å². The van der Waals surface area contributed by atoms with Crippen LogP contribution in [0.1, 0.15) is 20.8 Å². The molecule has 0 aromatic carbocycles. The summed E-state index contributed by atoms with van der Waals surface area (Å²) in [6.45, 7) is 8.72. The topological polar surface area (TPSA) is 61.8 Å². The largest absolute Gasteiger partial charge is 0.480 e. The number of carbonyl (C=O) groups is 1. The van der Waals surface area contributed by atoms with E-state index >= 15 is 0 Å². The number of nitrogens with zero attached hydrogens (tertiary/aromatic N) is 1. The molecule has 0 aromatic rings. The monoisotopic (exact) mass is 232 g/mol. The lowest BCUT2D eigenvalue weighted by atomic mass is 10.0. The fourth-order valence-electron chi connectivity index (χ4n) is 1.57. The fourth-order valence-corrected chi connectivity index (χ4v) is 1.57. The molecule has 0 aliphatic rings. The molecule has 96 valence electrons. The van der Waals surface area contributed by atoms with Gasteiger partial charge in [-0.15, -0.1) is 0 Å². The van der Waals surface area contributed by atoms with Gasteiger partial charge in [-0.25, -0.2) is 0 Å². The van der Waals surface area contributed by atoms with Gasteiger partial charge in [-0.3, -0.25) is 4.79 Å². The minimum Gasteiger partial charge on any atom is -0.480 e. The zero-order valence-corrected chi connectivity index (χ0v) is 10.7. The molecule has 0 heterocycles. The van der Waals surface area contributed by atoms with Crippen molar-refractivity contribution in [2.45, 2.75) is 26.3 Å². The van der Waals surface area contributed by atoms with Crippen LogP contribution in [0.15, 0.2) is 0 Å². The Balaban J connectivity index is 4.13. The average molecular weight is 232 g/mol. The van der Waals surface area contributed by atoms with Gasteiger partial charge >= 0.3 is 5.97 Å². The number of hydrogen-bond donors (Lipinski definition) is 2. The summed E-state index contributed by atoms with van der Waals surface area (Å²) < 4.78 is 5.23. The van der Waals surface area contributed by atoms with E-state index in [9.17, 15) is 4.79 Å². The van der Waals surface area contributed by atoms with Gasteiger partial charge in [0.1, 0.15) is 5.54 Å². The number of rotatable bonds is 9. The molecule has 0 radical (unpaired) electrons. The molecule has 1 atom stereocenters. The summed E-state index contributed by atoms with van der Waals surface area (Å²) in [4.78, 5) is 13.1. The van der Waals surface area contributed by atoms with Crippen LogP contribution in [-0.4, -0.2) is 61.4 Å². The number of carboxylic acid groups (broad SMARTS) is 1. The molecule has 5 nitrogen and oxygen atoms in total. The average Bonchev–Trinajstić information content (AvgIpc) is 2.18. The quantitative estimate of drug-likeness (QED) is 0.564. The maximum atomic E-state index is 11.2. The molecular formula is C11H24N2O3. The normalized spacial score (nSPS) is 15.1. The van der Waals surface area contributed by atoms with E-state index in [0.29, 0.717) is 26.3 Å². The molecule has 0 rings (SSSR count). The van der Waals surface area contributed by atoms with Crippen LogP contribution in [0.3, 0.4) is 0 Å². The molecule has 0 spiro atoms. The molecule has 0 saturated carbocycles. The molecule has 2 N–H and O–H groups in total. The highest BCUT2D eigenvalue weighted by molar-refractivity contribution is 5.78. The second-order valence-electron chi connectivity index (χ2n) is 4.10. The predicted molar refractivity (Wildman–Crippen MR) is 63.7 cm³/mol. The summed E-state index contributed by atoms with van der Waals surface area (Å²) in [6.07, 6.45) is 0. The van der Waals surface area contributed by atoms with E-state index in [4.69, 9.17) is 9.84 Å². The van der Waals surface area contributed by atoms with Crippen molar-refractivity contribution in [1.29, 1.82) is 0 Å². The zero-order chi connectivity index (χ0) is 12.6. The van der Waals surface area contributed by atoms with Crippen molar-refractivity contribution in [2.24, 2.45) is 0 Å². The predicted octanol–water partition coefficient (Wildman–Crippen LogP) is 0.408. The van der Waals surface area contributed by atoms with Crippen LogP contribution in [0.25, 0.3) is 0 Å². The number of ether oxygens (including phenoxy) is 1. The lowest BCUT2D eigenvalue weighted by Gasteiger charge is -2.30. The SMILES string of the molecule is CCNC(C)(CN(C)CCOCC)C(=O)O. The van der Waals surface area contributed by atoms with Crippen LogP contribution in [-0.2, 0) is 9.53 Å². The van der Waals surface area contributed by atoms with Crippen LogP contribution in [0, 0.1) is 0 Å². The fraction of sp³-hybridized carbons (Fsp3) is 0.909. The first-order valence-electron chi connectivity index (χ1n) is 5.71. The van der Waals surface area contributed by atoms with Crippen LogP contribution in [0.5, 0.6) is 0 Å². The Labute approximate surface area is 97.8 Å². The van der Waals surface area contributed by atoms with Gasteiger partial charge in [-0.05, 0) is 27.4 Å². The third-order valence-corrected chi connectivity index (χ3v) is 2.45. The van der Waals surface area contributed by atoms with Gasteiger partial charge in [-0.1, -0.05) is 6.92 Å². The van der Waals surface area contributed by atoms with Gasteiger partial charge in [-0.2, -0.15) is 0 Å². The Hall–Kier alpha value is -0.650. The highest BCUT2D eigenvalue weighted by atomic mass is 16.5. The second kappa shape index (κ2) is 7.60. The molecule has 0 bridgehead atoms. The summed E-state index contributed by atoms with van der Waals surface area (Å²) in [6, 6.07) is 0. The third kappa shape index (κ3) is 5.44. The Morgan fingerprint density at radius 1 is 1.50 bits per heavy atom. The minimum absolute atomic E-state index is 0.462. The molecule has 5 heteroatoms. The highest BCUT2D eigenvalue weighted by Gasteiger charge is 2.33. The van der Waals surface area contributed by atoms with Crippen LogP contribution in [0.2, 0.25) is 0 Å². The van der Waals surface area contributed by atoms with E-state index in [0.717, 1.165) is 6.54 Å². The lowest BCUT2D eigenvalue weighted by Crippen LogP contribution is -2.56. The van der Waals surface area contributed by atoms with E-state index in [-0.39, 0.29) is 0 Å². The Morgan fingerprint density at radius 2 is 2.12 bits per heavy atom. The van der Waals surface area contributed by atoms with Crippen molar-refractivity contribution in [3.05, 3.63) is 0 Å². The number of hydrogen-bond acceptors (Lipinski definition) is 4. The molecule has 1 unspecified atom stereocenters. The third-order valence-electron chi connectivity index (χ3n) is 2.45. The van der Waals surface area contributed by atoms with Crippen LogP contribution in [0.4, 0.5) is 0 Å². The van der Waals surface area contributed by atoms with Gasteiger partial charge in [0.2, 0.25) is 0 Å². The molecule has 0 fully saturated rings. The minimum atomic E-state index is -0.893. The van der Waals surface area contributed by atoms with Gasteiger partial charge in [0, 0.05) is 19.7 Å². The summed E-state index contributed by atoms with van der Waals surface area (Å²) in [5.41, 5.74) is -0.893. The van der Waals surface area contributed by atoms with Crippen LogP contribution >= 0.6 is 0 Å². The summed E-state index contributed by atoms with van der Waals surface area (Å²) in [7, 11) is 1.90. The number of carboxylic acids is 1. The Bertz CT molecular complexity index is 211.